The summed E-state index contributed by atoms with van der Waals surface area (Å²) < 4.78 is 63.7. The molecule has 2 aromatic carbocycles. The first-order valence-corrected chi connectivity index (χ1v) is 10.9. The summed E-state index contributed by atoms with van der Waals surface area (Å²) in [6, 6.07) is 11.0. The Morgan fingerprint density at radius 1 is 1.14 bits per heavy atom. The highest BCUT2D eigenvalue weighted by atomic mass is 35.5. The Balaban J connectivity index is 1.96. The molecule has 0 saturated heterocycles. The second-order valence-electron chi connectivity index (χ2n) is 6.39. The van der Waals surface area contributed by atoms with Gasteiger partial charge >= 0.3 is 6.18 Å². The molecule has 0 bridgehead atoms. The molecule has 1 N–H and O–H groups in total. The van der Waals surface area contributed by atoms with Gasteiger partial charge in [-0.3, -0.25) is 9.10 Å². The largest absolute Gasteiger partial charge is 0.416 e. The number of benzene rings is 2. The third-order valence-electron chi connectivity index (χ3n) is 4.03. The van der Waals surface area contributed by atoms with Crippen molar-refractivity contribution >= 4 is 33.2 Å². The summed E-state index contributed by atoms with van der Waals surface area (Å²) >= 11 is 5.79. The quantitative estimate of drug-likeness (QED) is 0.657. The lowest BCUT2D eigenvalue weighted by atomic mass is 10.2. The van der Waals surface area contributed by atoms with E-state index in [9.17, 15) is 26.4 Å². The first-order chi connectivity index (χ1) is 13.5. The molecule has 0 aliphatic rings. The average molecular weight is 449 g/mol. The van der Waals surface area contributed by atoms with Gasteiger partial charge in [0.15, 0.2) is 0 Å². The molecule has 0 spiro atoms. The molecule has 0 radical (unpaired) electrons. The van der Waals surface area contributed by atoms with E-state index in [0.29, 0.717) is 11.6 Å². The second kappa shape index (κ2) is 9.49. The molecule has 0 aliphatic carbocycles. The highest BCUT2D eigenvalue weighted by molar-refractivity contribution is 7.92. The molecule has 0 unspecified atom stereocenters. The lowest BCUT2D eigenvalue weighted by molar-refractivity contribution is -0.137. The normalized spacial score (nSPS) is 11.9. The molecule has 0 heterocycles. The Kier molecular flexibility index (Phi) is 7.54. The summed E-state index contributed by atoms with van der Waals surface area (Å²) in [6.07, 6.45) is -3.50. The van der Waals surface area contributed by atoms with E-state index in [1.807, 2.05) is 0 Å². The average Bonchev–Trinajstić information content (AvgIpc) is 2.63. The van der Waals surface area contributed by atoms with Crippen molar-refractivity contribution in [2.24, 2.45) is 0 Å². The van der Waals surface area contributed by atoms with Gasteiger partial charge in [-0.15, -0.1) is 0 Å². The number of hydrogen-bond donors (Lipinski definition) is 1. The van der Waals surface area contributed by atoms with E-state index in [0.717, 1.165) is 34.3 Å². The molecule has 0 aromatic heterocycles. The summed E-state index contributed by atoms with van der Waals surface area (Å²) in [5, 5.41) is 3.28. The van der Waals surface area contributed by atoms with Crippen molar-refractivity contribution in [3.05, 3.63) is 64.7 Å². The van der Waals surface area contributed by atoms with Crippen LogP contribution in [-0.2, 0) is 27.5 Å². The zero-order valence-electron chi connectivity index (χ0n) is 15.5. The van der Waals surface area contributed by atoms with Gasteiger partial charge in [0, 0.05) is 24.5 Å². The fraction of sp³-hybridized carbons (Fsp3) is 0.316. The van der Waals surface area contributed by atoms with Crippen molar-refractivity contribution in [2.45, 2.75) is 25.6 Å². The SMILES string of the molecule is CS(=O)(=O)N(CCCC(=O)NCc1ccc(Cl)cc1)c1cccc(C(F)(F)F)c1. The summed E-state index contributed by atoms with van der Waals surface area (Å²) in [4.78, 5) is 12.0. The fourth-order valence-electron chi connectivity index (χ4n) is 2.60. The van der Waals surface area contributed by atoms with E-state index < -0.39 is 21.8 Å². The minimum Gasteiger partial charge on any atom is -0.352 e. The molecular weight excluding hydrogens is 429 g/mol. The van der Waals surface area contributed by atoms with Gasteiger partial charge in [0.2, 0.25) is 15.9 Å². The molecule has 2 aromatic rings. The van der Waals surface area contributed by atoms with Crippen LogP contribution in [0.2, 0.25) is 5.02 Å². The lowest BCUT2D eigenvalue weighted by Gasteiger charge is -2.23. The molecule has 29 heavy (non-hydrogen) atoms. The number of nitrogens with one attached hydrogen (secondary N) is 1. The van der Waals surface area contributed by atoms with E-state index >= 15 is 0 Å². The molecule has 2 rings (SSSR count). The maximum atomic E-state index is 12.9. The Morgan fingerprint density at radius 2 is 1.79 bits per heavy atom. The van der Waals surface area contributed by atoms with Crippen LogP contribution in [0.4, 0.5) is 18.9 Å². The molecule has 0 fully saturated rings. The van der Waals surface area contributed by atoms with Crippen LogP contribution in [0, 0.1) is 0 Å². The van der Waals surface area contributed by atoms with Gasteiger partial charge in [-0.25, -0.2) is 8.42 Å². The number of sulfonamides is 1. The van der Waals surface area contributed by atoms with Crippen molar-refractivity contribution < 1.29 is 26.4 Å². The van der Waals surface area contributed by atoms with Crippen LogP contribution in [0.3, 0.4) is 0 Å². The fourth-order valence-corrected chi connectivity index (χ4v) is 3.68. The number of halogens is 4. The van der Waals surface area contributed by atoms with Crippen molar-refractivity contribution in [3.8, 4) is 0 Å². The number of hydrogen-bond acceptors (Lipinski definition) is 3. The number of carbonyl (C=O) groups excluding carboxylic acids is 1. The lowest BCUT2D eigenvalue weighted by Crippen LogP contribution is -2.32. The Hall–Kier alpha value is -2.26. The predicted molar refractivity (Wildman–Crippen MR) is 106 cm³/mol. The van der Waals surface area contributed by atoms with Gasteiger partial charge in [-0.05, 0) is 42.3 Å². The standard InChI is InChI=1S/C19H20ClF3N2O3S/c1-29(27,28)25(17-5-2-4-15(12-17)19(21,22)23)11-3-6-18(26)24-13-14-7-9-16(20)10-8-14/h2,4-5,7-10,12H,3,6,11,13H2,1H3,(H,24,26). The van der Waals surface area contributed by atoms with Crippen LogP contribution in [0.1, 0.15) is 24.0 Å². The molecule has 1 amide bonds. The molecule has 5 nitrogen and oxygen atoms in total. The van der Waals surface area contributed by atoms with Gasteiger partial charge in [0.25, 0.3) is 0 Å². The Bertz CT molecular complexity index is 948. The number of carbonyl (C=O) groups is 1. The van der Waals surface area contributed by atoms with Crippen molar-refractivity contribution in [3.63, 3.8) is 0 Å². The molecule has 158 valence electrons. The summed E-state index contributed by atoms with van der Waals surface area (Å²) in [5.41, 5.74) is -0.183. The number of anilines is 1. The molecule has 10 heteroatoms. The van der Waals surface area contributed by atoms with Gasteiger partial charge in [-0.2, -0.15) is 13.2 Å². The van der Waals surface area contributed by atoms with Crippen molar-refractivity contribution in [2.75, 3.05) is 17.1 Å². The molecule has 0 aliphatic heterocycles. The second-order valence-corrected chi connectivity index (χ2v) is 8.73. The van der Waals surface area contributed by atoms with E-state index in [-0.39, 0.29) is 31.0 Å². The molecular formula is C19H20ClF3N2O3S. The third-order valence-corrected chi connectivity index (χ3v) is 5.48. The maximum absolute atomic E-state index is 12.9. The minimum atomic E-state index is -4.58. The first kappa shape index (κ1) is 23.0. The summed E-state index contributed by atoms with van der Waals surface area (Å²) in [6.45, 7) is 0.175. The van der Waals surface area contributed by atoms with Crippen molar-refractivity contribution in [1.29, 1.82) is 0 Å². The zero-order chi connectivity index (χ0) is 21.7. The Labute approximate surface area is 172 Å². The summed E-state index contributed by atoms with van der Waals surface area (Å²) in [5.74, 6) is -0.294. The van der Waals surface area contributed by atoms with Gasteiger partial charge in [0.05, 0.1) is 17.5 Å². The third kappa shape index (κ3) is 7.25. The summed E-state index contributed by atoms with van der Waals surface area (Å²) in [7, 11) is -3.82. The van der Waals surface area contributed by atoms with E-state index in [1.54, 1.807) is 24.3 Å². The highest BCUT2D eigenvalue weighted by Gasteiger charge is 2.31. The zero-order valence-corrected chi connectivity index (χ0v) is 17.1. The van der Waals surface area contributed by atoms with Gasteiger partial charge < -0.3 is 5.32 Å². The molecule has 0 saturated carbocycles. The minimum absolute atomic E-state index is 0.0264. The Morgan fingerprint density at radius 3 is 2.38 bits per heavy atom. The van der Waals surface area contributed by atoms with E-state index in [2.05, 4.69) is 5.32 Å². The van der Waals surface area contributed by atoms with Gasteiger partial charge in [0.1, 0.15) is 0 Å². The van der Waals surface area contributed by atoms with Crippen LogP contribution in [-0.4, -0.2) is 27.1 Å². The number of rotatable bonds is 8. The van der Waals surface area contributed by atoms with Crippen LogP contribution < -0.4 is 9.62 Å². The van der Waals surface area contributed by atoms with Crippen LogP contribution in [0.5, 0.6) is 0 Å². The van der Waals surface area contributed by atoms with E-state index in [4.69, 9.17) is 11.6 Å². The van der Waals surface area contributed by atoms with Crippen LogP contribution in [0.25, 0.3) is 0 Å². The van der Waals surface area contributed by atoms with E-state index in [1.165, 1.54) is 6.07 Å². The smallest absolute Gasteiger partial charge is 0.352 e. The molecule has 0 atom stereocenters. The number of amides is 1. The van der Waals surface area contributed by atoms with Crippen LogP contribution in [0.15, 0.2) is 48.5 Å². The monoisotopic (exact) mass is 448 g/mol. The van der Waals surface area contributed by atoms with Gasteiger partial charge in [-0.1, -0.05) is 29.8 Å². The van der Waals surface area contributed by atoms with Crippen molar-refractivity contribution in [1.82, 2.24) is 5.32 Å². The maximum Gasteiger partial charge on any atom is 0.416 e. The highest BCUT2D eigenvalue weighted by Crippen LogP contribution is 2.32. The predicted octanol–water partition coefficient (Wildman–Crippen LogP) is 4.22. The number of alkyl halides is 3. The topological polar surface area (TPSA) is 66.5 Å². The first-order valence-electron chi connectivity index (χ1n) is 8.63. The number of nitrogens with zero attached hydrogens (tertiary/aromatic N) is 1. The van der Waals surface area contributed by atoms with Crippen LogP contribution >= 0.6 is 11.6 Å².